The van der Waals surface area contributed by atoms with Crippen molar-refractivity contribution in [3.05, 3.63) is 90.1 Å². The Morgan fingerprint density at radius 1 is 1.04 bits per heavy atom. The number of aromatic hydroxyl groups is 1. The Morgan fingerprint density at radius 3 is 2.50 bits per heavy atom. The van der Waals surface area contributed by atoms with Gasteiger partial charge in [0.05, 0.1) is 10.6 Å². The van der Waals surface area contributed by atoms with E-state index in [9.17, 15) is 14.7 Å². The van der Waals surface area contributed by atoms with Gasteiger partial charge in [0.15, 0.2) is 5.43 Å². The Kier molecular flexibility index (Phi) is 4.75. The van der Waals surface area contributed by atoms with Crippen LogP contribution in [0.15, 0.2) is 58.1 Å². The predicted octanol–water partition coefficient (Wildman–Crippen LogP) is 3.46. The molecule has 0 saturated heterocycles. The predicted molar refractivity (Wildman–Crippen MR) is 109 cm³/mol. The van der Waals surface area contributed by atoms with Crippen LogP contribution in [-0.4, -0.2) is 15.1 Å². The average molecular weight is 394 g/mol. The zero-order valence-corrected chi connectivity index (χ0v) is 15.9. The highest BCUT2D eigenvalue weighted by Crippen LogP contribution is 2.22. The Labute approximate surface area is 164 Å². The number of hydrogen-bond acceptors (Lipinski definition) is 5. The van der Waals surface area contributed by atoms with Gasteiger partial charge >= 0.3 is 4.87 Å². The van der Waals surface area contributed by atoms with E-state index in [0.717, 1.165) is 28.1 Å². The molecule has 2 aromatic heterocycles. The number of fused-ring (bicyclic) bond motifs is 1. The number of para-hydroxylation sites is 1. The lowest BCUT2D eigenvalue weighted by Crippen LogP contribution is -2.13. The van der Waals surface area contributed by atoms with Crippen molar-refractivity contribution in [3.8, 4) is 11.6 Å². The molecule has 4 aromatic rings. The van der Waals surface area contributed by atoms with Crippen LogP contribution < -0.4 is 15.0 Å². The van der Waals surface area contributed by atoms with Gasteiger partial charge in [-0.3, -0.25) is 14.6 Å². The highest BCUT2D eigenvalue weighted by Gasteiger charge is 2.10. The van der Waals surface area contributed by atoms with Gasteiger partial charge in [0.25, 0.3) is 0 Å². The van der Waals surface area contributed by atoms with Crippen LogP contribution in [0.1, 0.15) is 21.7 Å². The molecule has 0 aliphatic heterocycles. The van der Waals surface area contributed by atoms with E-state index >= 15 is 0 Å². The molecule has 0 aliphatic carbocycles. The largest absolute Gasteiger partial charge is 0.494 e. The maximum absolute atomic E-state index is 12.5. The summed E-state index contributed by atoms with van der Waals surface area (Å²) >= 11 is 0.999. The number of nitrogens with one attached hydrogen (secondary N) is 2. The van der Waals surface area contributed by atoms with Gasteiger partial charge in [-0.1, -0.05) is 35.6 Å². The van der Waals surface area contributed by atoms with Crippen molar-refractivity contribution >= 4 is 22.2 Å². The summed E-state index contributed by atoms with van der Waals surface area (Å²) in [4.78, 5) is 29.7. The summed E-state index contributed by atoms with van der Waals surface area (Å²) < 4.78 is 5.84. The van der Waals surface area contributed by atoms with Gasteiger partial charge < -0.3 is 14.8 Å². The van der Waals surface area contributed by atoms with Crippen LogP contribution >= 0.6 is 11.3 Å². The molecule has 0 radical (unpaired) electrons. The molecule has 0 bridgehead atoms. The molecule has 2 heterocycles. The van der Waals surface area contributed by atoms with E-state index in [1.165, 1.54) is 0 Å². The molecule has 6 nitrogen and oxygen atoms in total. The summed E-state index contributed by atoms with van der Waals surface area (Å²) in [5.74, 6) is 0.592. The van der Waals surface area contributed by atoms with E-state index in [1.54, 1.807) is 6.92 Å². The van der Waals surface area contributed by atoms with Crippen LogP contribution in [0.25, 0.3) is 10.9 Å². The van der Waals surface area contributed by atoms with E-state index in [1.807, 2.05) is 48.5 Å². The highest BCUT2D eigenvalue weighted by atomic mass is 32.1. The van der Waals surface area contributed by atoms with Gasteiger partial charge in [0.2, 0.25) is 5.88 Å². The fraction of sp³-hybridized carbons (Fsp3) is 0.143. The standard InChI is InChI=1S/C21H18N2O4S/c1-12-17(22-16-5-3-2-4-15(16)19(12)24)11-27-14-8-6-13(7-9-14)10-18-20(25)23-21(26)28-18/h2-9,25H,10-11H2,1H3,(H,22,24)(H,23,26). The van der Waals surface area contributed by atoms with Gasteiger partial charge in [-0.15, -0.1) is 0 Å². The molecule has 4 rings (SSSR count). The van der Waals surface area contributed by atoms with Crippen molar-refractivity contribution in [1.82, 2.24) is 9.97 Å². The zero-order chi connectivity index (χ0) is 19.7. The minimum Gasteiger partial charge on any atom is -0.494 e. The lowest BCUT2D eigenvalue weighted by Gasteiger charge is -2.11. The zero-order valence-electron chi connectivity index (χ0n) is 15.1. The second-order valence-electron chi connectivity index (χ2n) is 6.50. The number of aromatic amines is 2. The molecule has 0 fully saturated rings. The van der Waals surface area contributed by atoms with E-state index in [-0.39, 0.29) is 22.8 Å². The number of aromatic nitrogens is 2. The number of pyridine rings is 1. The van der Waals surface area contributed by atoms with E-state index in [4.69, 9.17) is 4.74 Å². The Balaban J connectivity index is 1.49. The topological polar surface area (TPSA) is 95.2 Å². The smallest absolute Gasteiger partial charge is 0.307 e. The molecule has 28 heavy (non-hydrogen) atoms. The van der Waals surface area contributed by atoms with Crippen LogP contribution in [0.3, 0.4) is 0 Å². The molecule has 0 amide bonds. The van der Waals surface area contributed by atoms with Crippen molar-refractivity contribution in [2.75, 3.05) is 0 Å². The maximum atomic E-state index is 12.5. The number of rotatable bonds is 5. The lowest BCUT2D eigenvalue weighted by molar-refractivity contribution is 0.300. The first-order valence-electron chi connectivity index (χ1n) is 8.74. The van der Waals surface area contributed by atoms with Gasteiger partial charge in [-0.2, -0.15) is 0 Å². The summed E-state index contributed by atoms with van der Waals surface area (Å²) in [6.07, 6.45) is 0.465. The summed E-state index contributed by atoms with van der Waals surface area (Å²) in [5.41, 5.74) is 3.14. The fourth-order valence-electron chi connectivity index (χ4n) is 3.05. The van der Waals surface area contributed by atoms with Crippen molar-refractivity contribution in [2.45, 2.75) is 20.0 Å². The van der Waals surface area contributed by atoms with Gasteiger partial charge in [-0.25, -0.2) is 0 Å². The third-order valence-corrected chi connectivity index (χ3v) is 5.49. The first-order valence-corrected chi connectivity index (χ1v) is 9.56. The molecule has 0 aliphatic rings. The van der Waals surface area contributed by atoms with Crippen molar-refractivity contribution in [1.29, 1.82) is 0 Å². The van der Waals surface area contributed by atoms with Crippen LogP contribution in [0.4, 0.5) is 0 Å². The minimum absolute atomic E-state index is 0.00796. The molecule has 0 saturated carbocycles. The number of H-pyrrole nitrogens is 2. The first kappa shape index (κ1) is 18.1. The molecule has 2 aromatic carbocycles. The van der Waals surface area contributed by atoms with Gasteiger partial charge in [0.1, 0.15) is 12.4 Å². The van der Waals surface area contributed by atoms with Gasteiger partial charge in [-0.05, 0) is 36.8 Å². The minimum atomic E-state index is -0.271. The molecule has 0 atom stereocenters. The molecular weight excluding hydrogens is 376 g/mol. The number of ether oxygens (including phenoxy) is 1. The first-order chi connectivity index (χ1) is 13.5. The maximum Gasteiger partial charge on any atom is 0.307 e. The number of hydrogen-bond donors (Lipinski definition) is 3. The van der Waals surface area contributed by atoms with E-state index in [2.05, 4.69) is 9.97 Å². The number of benzene rings is 2. The quantitative estimate of drug-likeness (QED) is 0.483. The summed E-state index contributed by atoms with van der Waals surface area (Å²) in [7, 11) is 0. The molecule has 0 unspecified atom stereocenters. The average Bonchev–Trinajstić information content (AvgIpc) is 3.01. The Hall–Kier alpha value is -3.32. The molecule has 7 heteroatoms. The fourth-order valence-corrected chi connectivity index (χ4v) is 3.80. The molecule has 3 N–H and O–H groups in total. The van der Waals surface area contributed by atoms with Crippen molar-refractivity contribution in [3.63, 3.8) is 0 Å². The van der Waals surface area contributed by atoms with E-state index < -0.39 is 0 Å². The normalized spacial score (nSPS) is 11.0. The summed E-state index contributed by atoms with van der Waals surface area (Å²) in [6.45, 7) is 2.05. The van der Waals surface area contributed by atoms with Crippen LogP contribution in [0.2, 0.25) is 0 Å². The van der Waals surface area contributed by atoms with Crippen LogP contribution in [-0.2, 0) is 13.0 Å². The third-order valence-electron chi connectivity index (χ3n) is 4.62. The molecule has 0 spiro atoms. The van der Waals surface area contributed by atoms with Crippen LogP contribution in [0, 0.1) is 6.92 Å². The van der Waals surface area contributed by atoms with Crippen LogP contribution in [0.5, 0.6) is 11.6 Å². The molecular formula is C21H18N2O4S. The Morgan fingerprint density at radius 2 is 1.79 bits per heavy atom. The van der Waals surface area contributed by atoms with Gasteiger partial charge in [0, 0.05) is 22.9 Å². The van der Waals surface area contributed by atoms with Crippen molar-refractivity contribution in [2.24, 2.45) is 0 Å². The second-order valence-corrected chi connectivity index (χ2v) is 7.57. The number of thiazole rings is 1. The third kappa shape index (κ3) is 3.57. The monoisotopic (exact) mass is 394 g/mol. The summed E-state index contributed by atoms with van der Waals surface area (Å²) in [6, 6.07) is 14.8. The SMILES string of the molecule is Cc1c(COc2ccc(Cc3sc(=O)[nH]c3O)cc2)[nH]c2ccccc2c1=O. The van der Waals surface area contributed by atoms with Crippen molar-refractivity contribution < 1.29 is 9.84 Å². The lowest BCUT2D eigenvalue weighted by atomic mass is 10.1. The molecule has 142 valence electrons. The Bertz CT molecular complexity index is 1250. The van der Waals surface area contributed by atoms with E-state index in [0.29, 0.717) is 28.0 Å². The highest BCUT2D eigenvalue weighted by molar-refractivity contribution is 7.09. The second kappa shape index (κ2) is 7.36. The summed E-state index contributed by atoms with van der Waals surface area (Å²) in [5, 5.41) is 10.4.